The van der Waals surface area contributed by atoms with E-state index in [1.54, 1.807) is 42.2 Å². The Morgan fingerprint density at radius 3 is 2.40 bits per heavy atom. The average molecular weight is 915 g/mol. The summed E-state index contributed by atoms with van der Waals surface area (Å²) in [5.74, 6) is -1.14. The zero-order valence-corrected chi connectivity index (χ0v) is 38.9. The second kappa shape index (κ2) is 19.1. The molecule has 0 aliphatic carbocycles. The number of piperazine rings is 1. The number of carbonyl (C=O) groups excluding carboxylic acids is 3. The molecule has 3 N–H and O–H groups in total. The second-order valence-electron chi connectivity index (χ2n) is 18.7. The third-order valence-electron chi connectivity index (χ3n) is 14.5. The number of piperidine rings is 2. The first-order valence-electron chi connectivity index (χ1n) is 23.5. The van der Waals surface area contributed by atoms with Crippen molar-refractivity contribution in [1.82, 2.24) is 34.1 Å². The molecule has 5 aromatic rings. The molecule has 9 rings (SSSR count). The van der Waals surface area contributed by atoms with Gasteiger partial charge < -0.3 is 25.0 Å². The minimum absolute atomic E-state index is 0.0251. The largest absolute Gasteiger partial charge is 0.388 e. The Morgan fingerprint density at radius 1 is 0.910 bits per heavy atom. The van der Waals surface area contributed by atoms with E-state index in [1.165, 1.54) is 12.1 Å². The Bertz CT molecular complexity index is 2790. The molecule has 0 bridgehead atoms. The standard InChI is InChI=1S/C51H60F2N10O4/c1-31-24-36(25-41(53)48(31)35-13-19-59(20-14-35)33(3)45-28-39-43(10-16-55-49(39)58(45)5)63-21-15-37(54-4)27-47(63)65)51(67)60-17-11-34(12-18-60)30-61-22-23-62(29-32(61)2)44-8-6-38(26-40(44)52)56-42-7-9-46(64)57-50(42)66/h6,8,10,13,15-16,21,24-28,32-34,42,54,56H,7,9,11-12,14,17-20,22-23,29-30H2,1-5H3,(H,57,64,66)/t32-,33-,42-/m0/s1. The van der Waals surface area contributed by atoms with Crippen LogP contribution in [0.2, 0.25) is 0 Å². The summed E-state index contributed by atoms with van der Waals surface area (Å²) < 4.78 is 35.2. The molecule has 3 amide bonds. The first-order valence-corrected chi connectivity index (χ1v) is 23.5. The van der Waals surface area contributed by atoms with Gasteiger partial charge in [0.2, 0.25) is 11.8 Å². The third-order valence-corrected chi connectivity index (χ3v) is 14.5. The molecule has 4 aliphatic rings. The first kappa shape index (κ1) is 45.8. The van der Waals surface area contributed by atoms with Gasteiger partial charge in [0, 0.05) is 137 Å². The lowest BCUT2D eigenvalue weighted by Gasteiger charge is -2.43. The summed E-state index contributed by atoms with van der Waals surface area (Å²) in [6, 6.07) is 15.3. The van der Waals surface area contributed by atoms with Crippen LogP contribution in [0.25, 0.3) is 22.3 Å². The molecule has 14 nitrogen and oxygen atoms in total. The van der Waals surface area contributed by atoms with E-state index in [0.29, 0.717) is 74.0 Å². The number of aromatic nitrogens is 3. The van der Waals surface area contributed by atoms with Gasteiger partial charge in [0.05, 0.1) is 11.4 Å². The van der Waals surface area contributed by atoms with Gasteiger partial charge in [0.25, 0.3) is 11.5 Å². The lowest BCUT2D eigenvalue weighted by Crippen LogP contribution is -2.54. The number of amides is 3. The van der Waals surface area contributed by atoms with Crippen LogP contribution in [0.5, 0.6) is 0 Å². The van der Waals surface area contributed by atoms with Crippen LogP contribution >= 0.6 is 0 Å². The van der Waals surface area contributed by atoms with Crippen molar-refractivity contribution in [3.63, 3.8) is 0 Å². The molecule has 0 radical (unpaired) electrons. The average Bonchev–Trinajstić information content (AvgIpc) is 3.66. The quantitative estimate of drug-likeness (QED) is 0.126. The fourth-order valence-electron chi connectivity index (χ4n) is 10.6. The number of nitrogens with zero attached hydrogens (tertiary/aromatic N) is 7. The van der Waals surface area contributed by atoms with Crippen LogP contribution in [0.4, 0.5) is 25.8 Å². The predicted octanol–water partition coefficient (Wildman–Crippen LogP) is 6.48. The normalized spacial score (nSPS) is 20.5. The van der Waals surface area contributed by atoms with Crippen LogP contribution in [0.15, 0.2) is 77.9 Å². The van der Waals surface area contributed by atoms with Gasteiger partial charge in [0.15, 0.2) is 0 Å². The fourth-order valence-corrected chi connectivity index (χ4v) is 10.6. The van der Waals surface area contributed by atoms with E-state index >= 15 is 8.78 Å². The number of aryl methyl sites for hydroxylation is 2. The van der Waals surface area contributed by atoms with Crippen LogP contribution in [-0.4, -0.2) is 118 Å². The molecule has 0 spiro atoms. The molecule has 2 aromatic carbocycles. The number of likely N-dealkylation sites (tertiary alicyclic amines) is 1. The van der Waals surface area contributed by atoms with E-state index < -0.39 is 11.9 Å². The Kier molecular flexibility index (Phi) is 13.0. The van der Waals surface area contributed by atoms with E-state index in [2.05, 4.69) is 66.2 Å². The van der Waals surface area contributed by atoms with Crippen molar-refractivity contribution < 1.29 is 23.2 Å². The lowest BCUT2D eigenvalue weighted by molar-refractivity contribution is -0.133. The molecule has 352 valence electrons. The summed E-state index contributed by atoms with van der Waals surface area (Å²) in [6.45, 7) is 11.8. The topological polar surface area (TPSA) is 140 Å². The lowest BCUT2D eigenvalue weighted by atomic mass is 9.92. The third kappa shape index (κ3) is 9.33. The summed E-state index contributed by atoms with van der Waals surface area (Å²) in [7, 11) is 3.78. The Hall–Kier alpha value is -6.39. The maximum absolute atomic E-state index is 16.1. The highest BCUT2D eigenvalue weighted by molar-refractivity contribution is 6.01. The van der Waals surface area contributed by atoms with Gasteiger partial charge in [-0.1, -0.05) is 6.08 Å². The van der Waals surface area contributed by atoms with Crippen LogP contribution in [-0.2, 0) is 16.6 Å². The molecule has 3 saturated heterocycles. The number of rotatable bonds is 11. The van der Waals surface area contributed by atoms with Crippen molar-refractivity contribution in [2.75, 3.05) is 74.9 Å². The number of nitrogens with one attached hydrogen (secondary N) is 3. The van der Waals surface area contributed by atoms with Crippen LogP contribution in [0.1, 0.15) is 79.2 Å². The van der Waals surface area contributed by atoms with Gasteiger partial charge in [-0.15, -0.1) is 0 Å². The fraction of sp³-hybridized carbons (Fsp3) is 0.431. The number of benzene rings is 2. The molecule has 16 heteroatoms. The highest BCUT2D eigenvalue weighted by atomic mass is 19.1. The van der Waals surface area contributed by atoms with Crippen molar-refractivity contribution in [1.29, 1.82) is 0 Å². The Labute approximate surface area is 389 Å². The summed E-state index contributed by atoms with van der Waals surface area (Å²) in [4.78, 5) is 63.9. The summed E-state index contributed by atoms with van der Waals surface area (Å²) in [6.07, 6.45) is 8.61. The number of carbonyl (C=O) groups is 3. The zero-order chi connectivity index (χ0) is 47.1. The molecule has 7 heterocycles. The molecule has 4 aliphatic heterocycles. The highest BCUT2D eigenvalue weighted by Gasteiger charge is 2.32. The van der Waals surface area contributed by atoms with Crippen molar-refractivity contribution in [2.24, 2.45) is 13.0 Å². The van der Waals surface area contributed by atoms with Crippen LogP contribution in [0.3, 0.4) is 0 Å². The molecule has 0 saturated carbocycles. The van der Waals surface area contributed by atoms with Gasteiger partial charge in [-0.3, -0.25) is 38.9 Å². The molecule has 3 atom stereocenters. The van der Waals surface area contributed by atoms with Gasteiger partial charge >= 0.3 is 0 Å². The number of anilines is 3. The molecule has 0 unspecified atom stereocenters. The number of fused-ring (bicyclic) bond motifs is 1. The van der Waals surface area contributed by atoms with Crippen LogP contribution < -0.4 is 26.4 Å². The number of pyridine rings is 2. The minimum Gasteiger partial charge on any atom is -0.388 e. The Balaban J connectivity index is 0.773. The van der Waals surface area contributed by atoms with Crippen molar-refractivity contribution in [3.8, 4) is 5.69 Å². The molecule has 3 aromatic heterocycles. The Morgan fingerprint density at radius 2 is 1.72 bits per heavy atom. The summed E-state index contributed by atoms with van der Waals surface area (Å²) >= 11 is 0. The van der Waals surface area contributed by atoms with Crippen LogP contribution in [0, 0.1) is 24.5 Å². The van der Waals surface area contributed by atoms with Gasteiger partial charge in [-0.2, -0.15) is 0 Å². The summed E-state index contributed by atoms with van der Waals surface area (Å²) in [5, 5.41) is 9.29. The SMILES string of the molecule is CNc1ccn(-c2ccnc3c2cc([C@H](C)N2CC=C(c4c(C)cc(C(=O)N5CCC(CN6CCN(c7ccc(N[C@H]8CCC(=O)NC8=O)cc7F)C[C@@H]6C)CC5)cc4F)CC2)n3C)c(=O)c1. The van der Waals surface area contributed by atoms with Gasteiger partial charge in [-0.05, 0) is 112 Å². The minimum atomic E-state index is -0.576. The molecular weight excluding hydrogens is 855 g/mol. The zero-order valence-electron chi connectivity index (χ0n) is 38.9. The molecule has 67 heavy (non-hydrogen) atoms. The van der Waals surface area contributed by atoms with Gasteiger partial charge in [-0.25, -0.2) is 13.8 Å². The number of hydrogen-bond donors (Lipinski definition) is 3. The van der Waals surface area contributed by atoms with Crippen molar-refractivity contribution in [2.45, 2.75) is 71.0 Å². The number of hydrogen-bond acceptors (Lipinski definition) is 10. The monoisotopic (exact) mass is 914 g/mol. The second-order valence-corrected chi connectivity index (χ2v) is 18.7. The van der Waals surface area contributed by atoms with Gasteiger partial charge in [0.1, 0.15) is 23.3 Å². The predicted molar refractivity (Wildman–Crippen MR) is 258 cm³/mol. The summed E-state index contributed by atoms with van der Waals surface area (Å²) in [5.41, 5.74) is 6.93. The first-order chi connectivity index (χ1) is 32.3. The van der Waals surface area contributed by atoms with Crippen molar-refractivity contribution >= 4 is 51.4 Å². The number of imide groups is 1. The van der Waals surface area contributed by atoms with Crippen molar-refractivity contribution in [3.05, 3.63) is 117 Å². The van der Waals surface area contributed by atoms with E-state index in [4.69, 9.17) is 0 Å². The van der Waals surface area contributed by atoms with E-state index in [9.17, 15) is 19.2 Å². The molecular formula is C51H60F2N10O4. The van der Waals surface area contributed by atoms with E-state index in [1.807, 2.05) is 37.1 Å². The molecule has 3 fully saturated rings. The smallest absolute Gasteiger partial charge is 0.257 e. The maximum Gasteiger partial charge on any atom is 0.257 e. The highest BCUT2D eigenvalue weighted by Crippen LogP contribution is 2.35. The maximum atomic E-state index is 16.1. The van der Waals surface area contributed by atoms with E-state index in [-0.39, 0.29) is 47.5 Å². The van der Waals surface area contributed by atoms with E-state index in [0.717, 1.165) is 71.7 Å². The number of halogens is 2.